The average Bonchev–Trinajstić information content (AvgIpc) is 3.02. The summed E-state index contributed by atoms with van der Waals surface area (Å²) in [6.45, 7) is 3.91. The first-order chi connectivity index (χ1) is 13.2. The van der Waals surface area contributed by atoms with E-state index in [0.29, 0.717) is 23.7 Å². The summed E-state index contributed by atoms with van der Waals surface area (Å²) in [5.74, 6) is 0.445. The summed E-state index contributed by atoms with van der Waals surface area (Å²) >= 11 is 6.05. The molecular weight excluding hydrogens is 398 g/mol. The molecule has 2 atom stereocenters. The van der Waals surface area contributed by atoms with Crippen LogP contribution in [-0.2, 0) is 21.2 Å². The lowest BCUT2D eigenvalue weighted by Gasteiger charge is -2.31. The molecule has 0 spiro atoms. The zero-order valence-electron chi connectivity index (χ0n) is 16.0. The van der Waals surface area contributed by atoms with E-state index in [0.717, 1.165) is 11.1 Å². The third-order valence-corrected chi connectivity index (χ3v) is 7.09. The molecule has 3 rings (SSSR count). The van der Waals surface area contributed by atoms with Crippen molar-refractivity contribution >= 4 is 27.3 Å². The Morgan fingerprint density at radius 2 is 1.96 bits per heavy atom. The minimum atomic E-state index is -3.11. The van der Waals surface area contributed by atoms with E-state index >= 15 is 0 Å². The number of hydrogen-bond donors (Lipinski definition) is 0. The summed E-state index contributed by atoms with van der Waals surface area (Å²) < 4.78 is 29.8. The maximum atomic E-state index is 13.2. The van der Waals surface area contributed by atoms with E-state index in [1.807, 2.05) is 37.3 Å². The van der Waals surface area contributed by atoms with E-state index in [9.17, 15) is 13.2 Å². The molecule has 7 heteroatoms. The molecule has 0 N–H and O–H groups in total. The van der Waals surface area contributed by atoms with Crippen LogP contribution < -0.4 is 4.74 Å². The largest absolute Gasteiger partial charge is 0.481 e. The molecule has 28 heavy (non-hydrogen) atoms. The summed E-state index contributed by atoms with van der Waals surface area (Å²) in [4.78, 5) is 14.8. The van der Waals surface area contributed by atoms with Gasteiger partial charge in [-0.1, -0.05) is 41.9 Å². The number of carbonyl (C=O) groups is 1. The summed E-state index contributed by atoms with van der Waals surface area (Å²) in [6.07, 6.45) is -0.291. The van der Waals surface area contributed by atoms with Crippen LogP contribution in [0.1, 0.15) is 24.5 Å². The second-order valence-electron chi connectivity index (χ2n) is 7.18. The van der Waals surface area contributed by atoms with E-state index in [1.165, 1.54) is 0 Å². The summed E-state index contributed by atoms with van der Waals surface area (Å²) in [6, 6.07) is 14.5. The van der Waals surface area contributed by atoms with Crippen LogP contribution in [0.2, 0.25) is 5.02 Å². The summed E-state index contributed by atoms with van der Waals surface area (Å²) in [5, 5.41) is 0.633. The molecule has 1 saturated heterocycles. The second kappa shape index (κ2) is 8.53. The topological polar surface area (TPSA) is 63.7 Å². The second-order valence-corrected chi connectivity index (χ2v) is 9.82. The highest BCUT2D eigenvalue weighted by Gasteiger charge is 2.36. The Morgan fingerprint density at radius 3 is 2.57 bits per heavy atom. The van der Waals surface area contributed by atoms with Crippen LogP contribution in [0.15, 0.2) is 48.5 Å². The first kappa shape index (κ1) is 20.7. The number of amides is 1. The van der Waals surface area contributed by atoms with Crippen LogP contribution in [-0.4, -0.2) is 42.9 Å². The predicted octanol–water partition coefficient (Wildman–Crippen LogP) is 3.63. The highest BCUT2D eigenvalue weighted by atomic mass is 35.5. The number of sulfone groups is 1. The fourth-order valence-corrected chi connectivity index (χ4v) is 5.22. The molecule has 1 fully saturated rings. The Bertz CT molecular complexity index is 946. The molecule has 0 aliphatic carbocycles. The van der Waals surface area contributed by atoms with Gasteiger partial charge in [-0.2, -0.15) is 0 Å². The van der Waals surface area contributed by atoms with Gasteiger partial charge in [0.25, 0.3) is 5.91 Å². The lowest BCUT2D eigenvalue weighted by atomic mass is 10.1. The summed E-state index contributed by atoms with van der Waals surface area (Å²) in [7, 11) is -3.11. The number of ether oxygens (including phenoxy) is 1. The van der Waals surface area contributed by atoms with Crippen LogP contribution in [0.25, 0.3) is 0 Å². The molecule has 1 amide bonds. The van der Waals surface area contributed by atoms with Gasteiger partial charge in [0.1, 0.15) is 5.75 Å². The Balaban J connectivity index is 1.79. The highest BCUT2D eigenvalue weighted by Crippen LogP contribution is 2.24. The molecule has 2 aromatic carbocycles. The highest BCUT2D eigenvalue weighted by molar-refractivity contribution is 7.91. The molecule has 1 aliphatic heterocycles. The first-order valence-electron chi connectivity index (χ1n) is 9.23. The van der Waals surface area contributed by atoms with E-state index in [4.69, 9.17) is 16.3 Å². The van der Waals surface area contributed by atoms with Crippen molar-refractivity contribution in [2.24, 2.45) is 0 Å². The van der Waals surface area contributed by atoms with Gasteiger partial charge in [-0.25, -0.2) is 8.42 Å². The lowest BCUT2D eigenvalue weighted by molar-refractivity contribution is -0.140. The number of aryl methyl sites for hydroxylation is 1. The predicted molar refractivity (Wildman–Crippen MR) is 110 cm³/mol. The normalized spacial score (nSPS) is 19.2. The monoisotopic (exact) mass is 421 g/mol. The van der Waals surface area contributed by atoms with E-state index in [2.05, 4.69) is 0 Å². The first-order valence-corrected chi connectivity index (χ1v) is 11.4. The molecule has 2 aromatic rings. The molecule has 2 unspecified atom stereocenters. The van der Waals surface area contributed by atoms with Gasteiger partial charge in [0.15, 0.2) is 15.9 Å². The van der Waals surface area contributed by atoms with Crippen molar-refractivity contribution in [3.05, 3.63) is 64.7 Å². The van der Waals surface area contributed by atoms with Crippen molar-refractivity contribution < 1.29 is 17.9 Å². The van der Waals surface area contributed by atoms with Gasteiger partial charge >= 0.3 is 0 Å². The Hall–Kier alpha value is -2.05. The van der Waals surface area contributed by atoms with E-state index in [1.54, 1.807) is 30.0 Å². The molecule has 1 heterocycles. The number of halogens is 1. The molecule has 0 radical (unpaired) electrons. The van der Waals surface area contributed by atoms with Gasteiger partial charge in [-0.15, -0.1) is 0 Å². The van der Waals surface area contributed by atoms with Crippen molar-refractivity contribution in [3.8, 4) is 5.75 Å². The smallest absolute Gasteiger partial charge is 0.263 e. The van der Waals surface area contributed by atoms with Crippen LogP contribution in [0.4, 0.5) is 0 Å². The van der Waals surface area contributed by atoms with Crippen molar-refractivity contribution in [2.45, 2.75) is 39.0 Å². The Morgan fingerprint density at radius 1 is 1.25 bits per heavy atom. The SMILES string of the molecule is Cc1cc(OC(C)C(=O)N(Cc2ccccc2)C2CCS(=O)(=O)C2)ccc1Cl. The number of hydrogen-bond acceptors (Lipinski definition) is 4. The molecule has 0 aromatic heterocycles. The minimum Gasteiger partial charge on any atom is -0.481 e. The maximum Gasteiger partial charge on any atom is 0.263 e. The Kier molecular flexibility index (Phi) is 6.30. The molecule has 0 saturated carbocycles. The molecule has 5 nitrogen and oxygen atoms in total. The van der Waals surface area contributed by atoms with Crippen molar-refractivity contribution in [1.29, 1.82) is 0 Å². The number of benzene rings is 2. The van der Waals surface area contributed by atoms with Crippen LogP contribution in [0.5, 0.6) is 5.75 Å². The average molecular weight is 422 g/mol. The molecule has 1 aliphatic rings. The van der Waals surface area contributed by atoms with E-state index in [-0.39, 0.29) is 23.5 Å². The molecular formula is C21H24ClNO4S. The zero-order valence-corrected chi connectivity index (χ0v) is 17.5. The zero-order chi connectivity index (χ0) is 20.3. The van der Waals surface area contributed by atoms with Crippen molar-refractivity contribution in [1.82, 2.24) is 4.90 Å². The third-order valence-electron chi connectivity index (χ3n) is 4.92. The van der Waals surface area contributed by atoms with Gasteiger partial charge in [0.2, 0.25) is 0 Å². The molecule has 150 valence electrons. The van der Waals surface area contributed by atoms with Gasteiger partial charge in [0, 0.05) is 17.6 Å². The van der Waals surface area contributed by atoms with Crippen molar-refractivity contribution in [2.75, 3.05) is 11.5 Å². The van der Waals surface area contributed by atoms with Crippen LogP contribution >= 0.6 is 11.6 Å². The van der Waals surface area contributed by atoms with Gasteiger partial charge in [-0.3, -0.25) is 4.79 Å². The molecule has 0 bridgehead atoms. The van der Waals surface area contributed by atoms with Gasteiger partial charge in [-0.05, 0) is 49.6 Å². The maximum absolute atomic E-state index is 13.2. The number of rotatable bonds is 6. The minimum absolute atomic E-state index is 0.00164. The van der Waals surface area contributed by atoms with Gasteiger partial charge in [0.05, 0.1) is 11.5 Å². The Labute approximate surface area is 171 Å². The quantitative estimate of drug-likeness (QED) is 0.714. The van der Waals surface area contributed by atoms with E-state index < -0.39 is 15.9 Å². The fourth-order valence-electron chi connectivity index (χ4n) is 3.37. The van der Waals surface area contributed by atoms with Crippen LogP contribution in [0.3, 0.4) is 0 Å². The number of carbonyl (C=O) groups excluding carboxylic acids is 1. The third kappa shape index (κ3) is 5.06. The standard InChI is InChI=1S/C21H24ClNO4S/c1-15-12-19(8-9-20(15)22)27-16(2)21(24)23(13-17-6-4-3-5-7-17)18-10-11-28(25,26)14-18/h3-9,12,16,18H,10-11,13-14H2,1-2H3. The summed E-state index contributed by atoms with van der Waals surface area (Å²) in [5.41, 5.74) is 1.82. The lowest BCUT2D eigenvalue weighted by Crippen LogP contribution is -2.46. The number of nitrogens with zero attached hydrogens (tertiary/aromatic N) is 1. The van der Waals surface area contributed by atoms with Gasteiger partial charge < -0.3 is 9.64 Å². The van der Waals surface area contributed by atoms with Crippen LogP contribution in [0, 0.1) is 6.92 Å². The van der Waals surface area contributed by atoms with Crippen molar-refractivity contribution in [3.63, 3.8) is 0 Å². The fraction of sp³-hybridized carbons (Fsp3) is 0.381.